The van der Waals surface area contributed by atoms with Crippen LogP contribution in [-0.4, -0.2) is 4.17 Å². The van der Waals surface area contributed by atoms with Crippen molar-refractivity contribution in [3.05, 3.63) is 11.4 Å². The quantitative estimate of drug-likeness (QED) is 0.446. The molecule has 0 aromatic carbocycles. The Morgan fingerprint density at radius 3 is 1.90 bits per heavy atom. The van der Waals surface area contributed by atoms with Crippen LogP contribution in [0.25, 0.3) is 0 Å². The monoisotopic (exact) mass is 252 g/mol. The van der Waals surface area contributed by atoms with Crippen LogP contribution in [0.5, 0.6) is 0 Å². The fraction of sp³-hybridized carbons (Fsp3) is 0.714. The number of allylic oxidation sites excluding steroid dienone is 2. The Morgan fingerprint density at radius 2 is 1.60 bits per heavy atom. The Bertz CT molecular complexity index is 138. The maximum atomic E-state index is 3.36. The van der Waals surface area contributed by atoms with Crippen LogP contribution in [0.4, 0.5) is 0 Å². The zero-order valence-electron chi connectivity index (χ0n) is 6.37. The highest BCUT2D eigenvalue weighted by atomic mass is 127. The van der Waals surface area contributed by atoms with Gasteiger partial charge in [-0.15, -0.1) is 0 Å². The fourth-order valence-electron chi connectivity index (χ4n) is 1.15. The van der Waals surface area contributed by atoms with Crippen molar-refractivity contribution >= 4 is 22.6 Å². The van der Waals surface area contributed by atoms with Crippen molar-refractivity contribution in [2.75, 3.05) is 0 Å². The number of alkyl halides is 1. The molecule has 2 N–H and O–H groups in total. The van der Waals surface area contributed by atoms with E-state index in [1.807, 2.05) is 0 Å². The molecule has 3 heteroatoms. The van der Waals surface area contributed by atoms with E-state index < -0.39 is 0 Å². The standard InChI is InChI=1S/C7H13IN2/c1-3-5-6(4-2)10-7(8)9-5/h7,9-10H,3-4H2,1-2H3. The Balaban J connectivity index is 2.61. The molecule has 58 valence electrons. The molecule has 0 aliphatic carbocycles. The van der Waals surface area contributed by atoms with Crippen LogP contribution in [0.2, 0.25) is 0 Å². The van der Waals surface area contributed by atoms with Gasteiger partial charge in [0.25, 0.3) is 0 Å². The molecule has 0 saturated carbocycles. The molecule has 1 aliphatic heterocycles. The number of hydrogen-bond donors (Lipinski definition) is 2. The van der Waals surface area contributed by atoms with Gasteiger partial charge < -0.3 is 10.6 Å². The number of halogens is 1. The molecular weight excluding hydrogens is 239 g/mol. The summed E-state index contributed by atoms with van der Waals surface area (Å²) in [6, 6.07) is 0. The molecular formula is C7H13IN2. The first-order chi connectivity index (χ1) is 4.77. The highest BCUT2D eigenvalue weighted by molar-refractivity contribution is 14.1. The van der Waals surface area contributed by atoms with Crippen molar-refractivity contribution in [3.8, 4) is 0 Å². The van der Waals surface area contributed by atoms with Crippen LogP contribution in [-0.2, 0) is 0 Å². The first-order valence-electron chi connectivity index (χ1n) is 3.67. The summed E-state index contributed by atoms with van der Waals surface area (Å²) in [5.74, 6) is 0. The molecule has 0 fully saturated rings. The molecule has 0 unspecified atom stereocenters. The van der Waals surface area contributed by atoms with Crippen LogP contribution in [0.1, 0.15) is 26.7 Å². The summed E-state index contributed by atoms with van der Waals surface area (Å²) >= 11 is 2.35. The van der Waals surface area contributed by atoms with Gasteiger partial charge in [-0.25, -0.2) is 0 Å². The molecule has 1 rings (SSSR count). The summed E-state index contributed by atoms with van der Waals surface area (Å²) in [5, 5.41) is 6.72. The first-order valence-corrected chi connectivity index (χ1v) is 4.91. The molecule has 0 amide bonds. The maximum Gasteiger partial charge on any atom is 0.150 e. The molecule has 0 saturated heterocycles. The van der Waals surface area contributed by atoms with Gasteiger partial charge in [-0.2, -0.15) is 0 Å². The predicted molar refractivity (Wildman–Crippen MR) is 51.7 cm³/mol. The molecule has 0 radical (unpaired) electrons. The van der Waals surface area contributed by atoms with E-state index in [0.717, 1.165) is 12.8 Å². The lowest BCUT2D eigenvalue weighted by Gasteiger charge is -2.03. The van der Waals surface area contributed by atoms with E-state index in [1.165, 1.54) is 11.4 Å². The van der Waals surface area contributed by atoms with Crippen molar-refractivity contribution in [1.29, 1.82) is 0 Å². The average molecular weight is 252 g/mol. The third-order valence-electron chi connectivity index (χ3n) is 1.67. The van der Waals surface area contributed by atoms with E-state index in [2.05, 4.69) is 47.1 Å². The minimum atomic E-state index is 0.405. The Kier molecular flexibility index (Phi) is 2.82. The summed E-state index contributed by atoms with van der Waals surface area (Å²) < 4.78 is 0.405. The third-order valence-corrected chi connectivity index (χ3v) is 2.30. The molecule has 0 aromatic rings. The van der Waals surface area contributed by atoms with Gasteiger partial charge in [-0.1, -0.05) is 13.8 Å². The summed E-state index contributed by atoms with van der Waals surface area (Å²) in [4.78, 5) is 0. The molecule has 0 spiro atoms. The van der Waals surface area contributed by atoms with Gasteiger partial charge in [-0.3, -0.25) is 0 Å². The molecule has 0 aromatic heterocycles. The summed E-state index contributed by atoms with van der Waals surface area (Å²) in [6.45, 7) is 4.35. The minimum Gasteiger partial charge on any atom is -0.359 e. The van der Waals surface area contributed by atoms with E-state index in [0.29, 0.717) is 4.17 Å². The molecule has 10 heavy (non-hydrogen) atoms. The van der Waals surface area contributed by atoms with Gasteiger partial charge in [0.05, 0.1) is 0 Å². The minimum absolute atomic E-state index is 0.405. The SMILES string of the molecule is CCC1=C(CC)NC(I)N1. The first kappa shape index (κ1) is 8.17. The Labute approximate surface area is 75.6 Å². The van der Waals surface area contributed by atoms with Gasteiger partial charge in [0.1, 0.15) is 4.17 Å². The zero-order chi connectivity index (χ0) is 7.56. The van der Waals surface area contributed by atoms with Crippen LogP contribution in [0.15, 0.2) is 11.4 Å². The van der Waals surface area contributed by atoms with Crippen molar-refractivity contribution in [3.63, 3.8) is 0 Å². The largest absolute Gasteiger partial charge is 0.359 e. The summed E-state index contributed by atoms with van der Waals surface area (Å²) in [5.41, 5.74) is 2.75. The van der Waals surface area contributed by atoms with Crippen LogP contribution >= 0.6 is 22.6 Å². The van der Waals surface area contributed by atoms with Gasteiger partial charge in [0.2, 0.25) is 0 Å². The third kappa shape index (κ3) is 1.56. The maximum absolute atomic E-state index is 3.36. The number of nitrogens with one attached hydrogen (secondary N) is 2. The average Bonchev–Trinajstić information content (AvgIpc) is 2.30. The van der Waals surface area contributed by atoms with Crippen molar-refractivity contribution in [2.24, 2.45) is 0 Å². The second-order valence-electron chi connectivity index (χ2n) is 2.32. The van der Waals surface area contributed by atoms with Crippen molar-refractivity contribution < 1.29 is 0 Å². The van der Waals surface area contributed by atoms with Gasteiger partial charge in [-0.05, 0) is 35.4 Å². The normalized spacial score (nSPS) is 19.1. The van der Waals surface area contributed by atoms with Crippen LogP contribution < -0.4 is 10.6 Å². The summed E-state index contributed by atoms with van der Waals surface area (Å²) in [6.07, 6.45) is 2.21. The van der Waals surface area contributed by atoms with Gasteiger partial charge in [0.15, 0.2) is 0 Å². The Hall–Kier alpha value is 0.0700. The van der Waals surface area contributed by atoms with Gasteiger partial charge in [0, 0.05) is 11.4 Å². The summed E-state index contributed by atoms with van der Waals surface area (Å²) in [7, 11) is 0. The van der Waals surface area contributed by atoms with E-state index >= 15 is 0 Å². The van der Waals surface area contributed by atoms with Crippen LogP contribution in [0.3, 0.4) is 0 Å². The predicted octanol–water partition coefficient (Wildman–Crippen LogP) is 1.93. The number of rotatable bonds is 2. The molecule has 0 bridgehead atoms. The van der Waals surface area contributed by atoms with E-state index in [-0.39, 0.29) is 0 Å². The molecule has 1 heterocycles. The lowest BCUT2D eigenvalue weighted by Crippen LogP contribution is -2.25. The van der Waals surface area contributed by atoms with Crippen LogP contribution in [0, 0.1) is 0 Å². The lowest BCUT2D eigenvalue weighted by atomic mass is 10.2. The lowest BCUT2D eigenvalue weighted by molar-refractivity contribution is 0.747. The Morgan fingerprint density at radius 1 is 1.20 bits per heavy atom. The van der Waals surface area contributed by atoms with Crippen molar-refractivity contribution in [1.82, 2.24) is 10.6 Å². The smallest absolute Gasteiger partial charge is 0.150 e. The molecule has 0 atom stereocenters. The van der Waals surface area contributed by atoms with Crippen molar-refractivity contribution in [2.45, 2.75) is 30.9 Å². The van der Waals surface area contributed by atoms with E-state index in [1.54, 1.807) is 0 Å². The van der Waals surface area contributed by atoms with E-state index in [9.17, 15) is 0 Å². The highest BCUT2D eigenvalue weighted by Gasteiger charge is 2.15. The zero-order valence-corrected chi connectivity index (χ0v) is 8.53. The fourth-order valence-corrected chi connectivity index (χ4v) is 1.90. The molecule has 1 aliphatic rings. The van der Waals surface area contributed by atoms with E-state index in [4.69, 9.17) is 0 Å². The molecule has 2 nitrogen and oxygen atoms in total. The second-order valence-corrected chi connectivity index (χ2v) is 3.56. The number of hydrogen-bond acceptors (Lipinski definition) is 2. The highest BCUT2D eigenvalue weighted by Crippen LogP contribution is 2.16. The topological polar surface area (TPSA) is 24.1 Å². The van der Waals surface area contributed by atoms with Gasteiger partial charge >= 0.3 is 0 Å². The second kappa shape index (κ2) is 3.46.